The summed E-state index contributed by atoms with van der Waals surface area (Å²) in [6, 6.07) is 0.674. The molecule has 4 heteroatoms. The highest BCUT2D eigenvalue weighted by molar-refractivity contribution is 5.76. The summed E-state index contributed by atoms with van der Waals surface area (Å²) in [6.07, 6.45) is 2.64. The molecule has 1 rings (SSSR count). The molecule has 1 amide bonds. The van der Waals surface area contributed by atoms with Gasteiger partial charge in [-0.25, -0.2) is 0 Å². The topological polar surface area (TPSA) is 52.6 Å². The van der Waals surface area contributed by atoms with Crippen LogP contribution in [0.4, 0.5) is 0 Å². The quantitative estimate of drug-likeness (QED) is 0.710. The first-order valence-electron chi connectivity index (χ1n) is 5.78. The lowest BCUT2D eigenvalue weighted by Gasteiger charge is -2.33. The predicted octanol–water partition coefficient (Wildman–Crippen LogP) is 0.358. The Balaban J connectivity index is 2.59. The van der Waals surface area contributed by atoms with Crippen LogP contribution in [0.1, 0.15) is 33.1 Å². The normalized spacial score (nSPS) is 23.0. The minimum Gasteiger partial charge on any atom is -0.395 e. The number of aliphatic hydroxyl groups excluding tert-OH is 1. The van der Waals surface area contributed by atoms with E-state index in [2.05, 4.69) is 24.1 Å². The second kappa shape index (κ2) is 6.08. The van der Waals surface area contributed by atoms with Crippen LogP contribution in [-0.2, 0) is 4.79 Å². The Hall–Kier alpha value is -0.610. The van der Waals surface area contributed by atoms with Crippen LogP contribution in [0.2, 0.25) is 0 Å². The molecular formula is C11H22N2O2. The predicted molar refractivity (Wildman–Crippen MR) is 59.6 cm³/mol. The highest BCUT2D eigenvalue weighted by atomic mass is 16.3. The van der Waals surface area contributed by atoms with E-state index in [4.69, 9.17) is 5.11 Å². The van der Waals surface area contributed by atoms with E-state index in [1.807, 2.05) is 0 Å². The number of hydrogen-bond donors (Lipinski definition) is 2. The van der Waals surface area contributed by atoms with Crippen molar-refractivity contribution in [2.24, 2.45) is 0 Å². The van der Waals surface area contributed by atoms with Gasteiger partial charge in [-0.1, -0.05) is 0 Å². The van der Waals surface area contributed by atoms with Gasteiger partial charge >= 0.3 is 0 Å². The van der Waals surface area contributed by atoms with E-state index in [-0.39, 0.29) is 12.5 Å². The molecular weight excluding hydrogens is 192 g/mol. The van der Waals surface area contributed by atoms with Gasteiger partial charge in [-0.05, 0) is 26.7 Å². The molecule has 1 aliphatic heterocycles. The average molecular weight is 214 g/mol. The summed E-state index contributed by atoms with van der Waals surface area (Å²) in [6.45, 7) is 5.84. The SMILES string of the molecule is CC(C)N(CCO)C1CCCNC(=O)C1. The fourth-order valence-corrected chi connectivity index (χ4v) is 2.21. The zero-order valence-corrected chi connectivity index (χ0v) is 9.70. The zero-order valence-electron chi connectivity index (χ0n) is 9.70. The Kier molecular flexibility index (Phi) is 5.05. The highest BCUT2D eigenvalue weighted by Gasteiger charge is 2.24. The van der Waals surface area contributed by atoms with Crippen LogP contribution in [0.5, 0.6) is 0 Å². The fourth-order valence-electron chi connectivity index (χ4n) is 2.21. The summed E-state index contributed by atoms with van der Waals surface area (Å²) in [5.41, 5.74) is 0. The van der Waals surface area contributed by atoms with Crippen molar-refractivity contribution in [3.8, 4) is 0 Å². The third kappa shape index (κ3) is 3.80. The molecule has 1 heterocycles. The largest absolute Gasteiger partial charge is 0.395 e. The smallest absolute Gasteiger partial charge is 0.221 e. The van der Waals surface area contributed by atoms with Crippen LogP contribution in [0.25, 0.3) is 0 Å². The number of hydrogen-bond acceptors (Lipinski definition) is 3. The van der Waals surface area contributed by atoms with E-state index >= 15 is 0 Å². The van der Waals surface area contributed by atoms with E-state index in [0.717, 1.165) is 19.4 Å². The maximum atomic E-state index is 11.4. The lowest BCUT2D eigenvalue weighted by molar-refractivity contribution is -0.122. The van der Waals surface area contributed by atoms with Gasteiger partial charge in [-0.3, -0.25) is 9.69 Å². The van der Waals surface area contributed by atoms with E-state index in [0.29, 0.717) is 25.0 Å². The van der Waals surface area contributed by atoms with Crippen molar-refractivity contribution in [1.82, 2.24) is 10.2 Å². The standard InChI is InChI=1S/C11H22N2O2/c1-9(2)13(6-7-14)10-4-3-5-12-11(15)8-10/h9-10,14H,3-8H2,1-2H3,(H,12,15). The summed E-state index contributed by atoms with van der Waals surface area (Å²) in [5.74, 6) is 0.140. The van der Waals surface area contributed by atoms with Gasteiger partial charge in [-0.2, -0.15) is 0 Å². The molecule has 0 aromatic carbocycles. The summed E-state index contributed by atoms with van der Waals surface area (Å²) in [4.78, 5) is 13.7. The van der Waals surface area contributed by atoms with Crippen LogP contribution < -0.4 is 5.32 Å². The van der Waals surface area contributed by atoms with Gasteiger partial charge in [0.1, 0.15) is 0 Å². The summed E-state index contributed by atoms with van der Waals surface area (Å²) in [5, 5.41) is 11.9. The van der Waals surface area contributed by atoms with Gasteiger partial charge in [0.05, 0.1) is 6.61 Å². The Morgan fingerprint density at radius 1 is 1.60 bits per heavy atom. The number of carbonyl (C=O) groups is 1. The Morgan fingerprint density at radius 2 is 2.33 bits per heavy atom. The number of rotatable bonds is 4. The van der Waals surface area contributed by atoms with Gasteiger partial charge in [0.25, 0.3) is 0 Å². The average Bonchev–Trinajstić information content (AvgIpc) is 2.38. The van der Waals surface area contributed by atoms with E-state index in [1.54, 1.807) is 0 Å². The Labute approximate surface area is 91.6 Å². The molecule has 88 valence electrons. The van der Waals surface area contributed by atoms with E-state index in [9.17, 15) is 4.79 Å². The van der Waals surface area contributed by atoms with Crippen molar-refractivity contribution >= 4 is 5.91 Å². The van der Waals surface area contributed by atoms with Crippen LogP contribution in [0.3, 0.4) is 0 Å². The molecule has 1 atom stereocenters. The van der Waals surface area contributed by atoms with Crippen molar-refractivity contribution in [2.75, 3.05) is 19.7 Å². The molecule has 2 N–H and O–H groups in total. The first-order chi connectivity index (χ1) is 7.15. The third-order valence-electron chi connectivity index (χ3n) is 2.95. The van der Waals surface area contributed by atoms with Gasteiger partial charge in [-0.15, -0.1) is 0 Å². The van der Waals surface area contributed by atoms with Crippen molar-refractivity contribution < 1.29 is 9.90 Å². The molecule has 1 unspecified atom stereocenters. The number of amides is 1. The van der Waals surface area contributed by atoms with Crippen molar-refractivity contribution in [2.45, 2.75) is 45.2 Å². The Morgan fingerprint density at radius 3 is 2.93 bits per heavy atom. The number of nitrogens with zero attached hydrogens (tertiary/aromatic N) is 1. The molecule has 0 aromatic rings. The first kappa shape index (κ1) is 12.5. The van der Waals surface area contributed by atoms with Crippen LogP contribution in [0, 0.1) is 0 Å². The fraction of sp³-hybridized carbons (Fsp3) is 0.909. The molecule has 1 saturated heterocycles. The maximum absolute atomic E-state index is 11.4. The zero-order chi connectivity index (χ0) is 11.3. The summed E-state index contributed by atoms with van der Waals surface area (Å²) in [7, 11) is 0. The van der Waals surface area contributed by atoms with E-state index < -0.39 is 0 Å². The number of aliphatic hydroxyl groups is 1. The molecule has 0 spiro atoms. The maximum Gasteiger partial charge on any atom is 0.221 e. The minimum absolute atomic E-state index is 0.140. The molecule has 1 fully saturated rings. The molecule has 0 radical (unpaired) electrons. The Bertz CT molecular complexity index is 207. The van der Waals surface area contributed by atoms with Crippen LogP contribution >= 0.6 is 0 Å². The molecule has 0 aliphatic carbocycles. The lowest BCUT2D eigenvalue weighted by atomic mass is 10.1. The molecule has 0 saturated carbocycles. The van der Waals surface area contributed by atoms with Gasteiger partial charge in [0.2, 0.25) is 5.91 Å². The van der Waals surface area contributed by atoms with Crippen molar-refractivity contribution in [1.29, 1.82) is 0 Å². The molecule has 0 aromatic heterocycles. The number of nitrogens with one attached hydrogen (secondary N) is 1. The van der Waals surface area contributed by atoms with Gasteiger partial charge < -0.3 is 10.4 Å². The third-order valence-corrected chi connectivity index (χ3v) is 2.95. The minimum atomic E-state index is 0.140. The number of carbonyl (C=O) groups excluding carboxylic acids is 1. The summed E-state index contributed by atoms with van der Waals surface area (Å²) >= 11 is 0. The van der Waals surface area contributed by atoms with Gasteiger partial charge in [0.15, 0.2) is 0 Å². The second-order valence-electron chi connectivity index (χ2n) is 4.41. The van der Waals surface area contributed by atoms with Crippen LogP contribution in [-0.4, -0.2) is 47.7 Å². The van der Waals surface area contributed by atoms with Crippen molar-refractivity contribution in [3.05, 3.63) is 0 Å². The molecule has 1 aliphatic rings. The molecule has 15 heavy (non-hydrogen) atoms. The van der Waals surface area contributed by atoms with Crippen molar-refractivity contribution in [3.63, 3.8) is 0 Å². The summed E-state index contributed by atoms with van der Waals surface area (Å²) < 4.78 is 0. The monoisotopic (exact) mass is 214 g/mol. The lowest BCUT2D eigenvalue weighted by Crippen LogP contribution is -2.43. The van der Waals surface area contributed by atoms with Gasteiger partial charge in [0, 0.05) is 31.6 Å². The van der Waals surface area contributed by atoms with Crippen LogP contribution in [0.15, 0.2) is 0 Å². The first-order valence-corrected chi connectivity index (χ1v) is 5.78. The molecule has 0 bridgehead atoms. The van der Waals surface area contributed by atoms with E-state index in [1.165, 1.54) is 0 Å². The highest BCUT2D eigenvalue weighted by Crippen LogP contribution is 2.16. The molecule has 4 nitrogen and oxygen atoms in total. The second-order valence-corrected chi connectivity index (χ2v) is 4.41.